The van der Waals surface area contributed by atoms with Crippen molar-refractivity contribution >= 4 is 58.2 Å². The van der Waals surface area contributed by atoms with Gasteiger partial charge >= 0.3 is 12.0 Å². The van der Waals surface area contributed by atoms with E-state index in [9.17, 15) is 19.5 Å². The Morgan fingerprint density at radius 3 is 2.34 bits per heavy atom. The average Bonchev–Trinajstić information content (AvgIpc) is 3.18. The number of carbonyl (C=O) groups excluding carboxylic acids is 2. The lowest BCUT2D eigenvalue weighted by atomic mass is 10.0. The molecule has 0 unspecified atom stereocenters. The molecule has 1 aromatic heterocycles. The quantitative estimate of drug-likeness (QED) is 0.354. The summed E-state index contributed by atoms with van der Waals surface area (Å²) in [5.74, 6) is -1.34. The summed E-state index contributed by atoms with van der Waals surface area (Å²) in [5.41, 5.74) is 4.52. The van der Waals surface area contributed by atoms with Crippen LogP contribution in [0, 0.1) is 13.8 Å². The number of amides is 3. The lowest BCUT2D eigenvalue weighted by molar-refractivity contribution is -0.110. The molecule has 0 saturated heterocycles. The van der Waals surface area contributed by atoms with Crippen molar-refractivity contribution in [3.05, 3.63) is 75.6 Å². The summed E-state index contributed by atoms with van der Waals surface area (Å²) in [4.78, 5) is 39.3. The summed E-state index contributed by atoms with van der Waals surface area (Å²) in [6.07, 6.45) is 1.64. The molecule has 0 atom stereocenters. The summed E-state index contributed by atoms with van der Waals surface area (Å²) in [6.45, 7) is 3.37. The van der Waals surface area contributed by atoms with Crippen LogP contribution in [0.3, 0.4) is 0 Å². The predicted molar refractivity (Wildman–Crippen MR) is 124 cm³/mol. The number of urea groups is 1. The fourth-order valence-electron chi connectivity index (χ4n) is 3.63. The largest absolute Gasteiger partial charge is 0.478 e. The van der Waals surface area contributed by atoms with E-state index in [-0.39, 0.29) is 11.5 Å². The van der Waals surface area contributed by atoms with Crippen LogP contribution in [-0.4, -0.2) is 28.0 Å². The molecule has 0 radical (unpaired) electrons. The first-order chi connectivity index (χ1) is 15.2. The van der Waals surface area contributed by atoms with Crippen LogP contribution in [-0.2, 0) is 4.79 Å². The first kappa shape index (κ1) is 21.2. The van der Waals surface area contributed by atoms with Gasteiger partial charge in [-0.05, 0) is 61.9 Å². The molecular weight excluding hydrogens is 432 g/mol. The maximum atomic E-state index is 12.6. The third-order valence-electron chi connectivity index (χ3n) is 5.14. The molecule has 4 rings (SSSR count). The summed E-state index contributed by atoms with van der Waals surface area (Å²) in [5, 5.41) is 18.1. The smallest absolute Gasteiger partial charge is 0.337 e. The van der Waals surface area contributed by atoms with Gasteiger partial charge in [-0.25, -0.2) is 9.59 Å². The molecule has 8 nitrogen and oxygen atoms in total. The van der Waals surface area contributed by atoms with Gasteiger partial charge in [0.2, 0.25) is 0 Å². The van der Waals surface area contributed by atoms with E-state index in [1.165, 1.54) is 0 Å². The second-order valence-corrected chi connectivity index (χ2v) is 7.76. The number of carboxylic acid groups (broad SMARTS) is 1. The lowest BCUT2D eigenvalue weighted by Crippen LogP contribution is -2.19. The molecule has 3 aromatic rings. The number of aromatic amines is 1. The Morgan fingerprint density at radius 2 is 1.69 bits per heavy atom. The fourth-order valence-corrected chi connectivity index (χ4v) is 3.75. The summed E-state index contributed by atoms with van der Waals surface area (Å²) < 4.78 is 0. The summed E-state index contributed by atoms with van der Waals surface area (Å²) in [6, 6.07) is 11.3. The zero-order chi connectivity index (χ0) is 23.0. The maximum Gasteiger partial charge on any atom is 0.337 e. The first-order valence-electron chi connectivity index (χ1n) is 9.66. The van der Waals surface area contributed by atoms with Gasteiger partial charge in [-0.1, -0.05) is 17.7 Å². The standard InChI is InChI=1S/C23H19ClN4O4/c1-11-18(25-12(2)20(11)22(30)31)10-17-16-8-7-15(9-19(16)28-21(17)29)27-23(32)26-14-5-3-13(24)4-6-14/h3-10,25H,1-2H3,(H,28,29)(H,30,31)(H2,26,27,32)/b17-10-. The van der Waals surface area contributed by atoms with E-state index >= 15 is 0 Å². The number of hydrogen-bond donors (Lipinski definition) is 5. The number of hydrogen-bond acceptors (Lipinski definition) is 3. The predicted octanol–water partition coefficient (Wildman–Crippen LogP) is 5.12. The van der Waals surface area contributed by atoms with Crippen LogP contribution in [0.2, 0.25) is 5.02 Å². The molecule has 162 valence electrons. The Bertz CT molecular complexity index is 1290. The number of aromatic carboxylic acids is 1. The topological polar surface area (TPSA) is 123 Å². The highest BCUT2D eigenvalue weighted by atomic mass is 35.5. The SMILES string of the molecule is Cc1[nH]c(/C=C2\C(=O)Nc3cc(NC(=O)Nc4ccc(Cl)cc4)ccc32)c(C)c1C(=O)O. The summed E-state index contributed by atoms with van der Waals surface area (Å²) in [7, 11) is 0. The van der Waals surface area contributed by atoms with Crippen LogP contribution in [0.4, 0.5) is 21.9 Å². The fraction of sp³-hybridized carbons (Fsp3) is 0.0870. The lowest BCUT2D eigenvalue weighted by Gasteiger charge is -2.09. The van der Waals surface area contributed by atoms with E-state index in [0.717, 1.165) is 0 Å². The number of nitrogens with one attached hydrogen (secondary N) is 4. The number of fused-ring (bicyclic) bond motifs is 1. The van der Waals surface area contributed by atoms with Gasteiger partial charge in [-0.2, -0.15) is 0 Å². The van der Waals surface area contributed by atoms with Gasteiger partial charge in [0.15, 0.2) is 0 Å². The van der Waals surface area contributed by atoms with Crippen molar-refractivity contribution in [2.45, 2.75) is 13.8 Å². The number of aryl methyl sites for hydroxylation is 1. The maximum absolute atomic E-state index is 12.6. The number of aromatic nitrogens is 1. The Morgan fingerprint density at radius 1 is 1.03 bits per heavy atom. The number of H-pyrrole nitrogens is 1. The Balaban J connectivity index is 1.56. The molecule has 2 aromatic carbocycles. The molecule has 0 spiro atoms. The number of anilines is 3. The molecule has 1 aliphatic heterocycles. The highest BCUT2D eigenvalue weighted by Gasteiger charge is 2.26. The van der Waals surface area contributed by atoms with E-state index in [1.54, 1.807) is 62.4 Å². The van der Waals surface area contributed by atoms with Gasteiger partial charge < -0.3 is 26.0 Å². The third kappa shape index (κ3) is 4.08. The molecular formula is C23H19ClN4O4. The Kier molecular flexibility index (Phi) is 5.46. The van der Waals surface area contributed by atoms with Crippen molar-refractivity contribution in [3.8, 4) is 0 Å². The van der Waals surface area contributed by atoms with Crippen LogP contribution in [0.1, 0.15) is 32.9 Å². The number of halogens is 1. The monoisotopic (exact) mass is 450 g/mol. The van der Waals surface area contributed by atoms with Gasteiger partial charge in [0.25, 0.3) is 5.91 Å². The van der Waals surface area contributed by atoms with Crippen molar-refractivity contribution in [1.82, 2.24) is 4.98 Å². The number of benzene rings is 2. The Hall–Kier alpha value is -4.04. The zero-order valence-electron chi connectivity index (χ0n) is 17.2. The summed E-state index contributed by atoms with van der Waals surface area (Å²) >= 11 is 5.84. The second kappa shape index (κ2) is 8.24. The van der Waals surface area contributed by atoms with E-state index < -0.39 is 12.0 Å². The van der Waals surface area contributed by atoms with E-state index in [1.807, 2.05) is 0 Å². The van der Waals surface area contributed by atoms with E-state index in [4.69, 9.17) is 11.6 Å². The minimum absolute atomic E-state index is 0.196. The van der Waals surface area contributed by atoms with Crippen molar-refractivity contribution in [1.29, 1.82) is 0 Å². The van der Waals surface area contributed by atoms with Crippen molar-refractivity contribution in [3.63, 3.8) is 0 Å². The van der Waals surface area contributed by atoms with Gasteiger partial charge in [0, 0.05) is 33.3 Å². The number of carbonyl (C=O) groups is 3. The molecule has 2 heterocycles. The van der Waals surface area contributed by atoms with Crippen LogP contribution in [0.25, 0.3) is 11.6 Å². The number of carboxylic acids is 1. The highest BCUT2D eigenvalue weighted by Crippen LogP contribution is 2.35. The molecule has 32 heavy (non-hydrogen) atoms. The van der Waals surface area contributed by atoms with E-state index in [2.05, 4.69) is 20.9 Å². The van der Waals surface area contributed by atoms with Crippen molar-refractivity contribution in [2.75, 3.05) is 16.0 Å². The molecule has 9 heteroatoms. The average molecular weight is 451 g/mol. The van der Waals surface area contributed by atoms with Crippen LogP contribution < -0.4 is 16.0 Å². The molecule has 1 aliphatic rings. The molecule has 0 saturated carbocycles. The minimum Gasteiger partial charge on any atom is -0.478 e. The Labute approximate surface area is 188 Å². The van der Waals surface area contributed by atoms with Gasteiger partial charge in [-0.15, -0.1) is 0 Å². The molecule has 5 N–H and O–H groups in total. The van der Waals surface area contributed by atoms with Crippen LogP contribution >= 0.6 is 11.6 Å². The molecule has 0 fully saturated rings. The van der Waals surface area contributed by atoms with Gasteiger partial charge in [-0.3, -0.25) is 4.79 Å². The van der Waals surface area contributed by atoms with E-state index in [0.29, 0.717) is 50.2 Å². The highest BCUT2D eigenvalue weighted by molar-refractivity contribution is 6.35. The number of rotatable bonds is 4. The van der Waals surface area contributed by atoms with Crippen molar-refractivity contribution < 1.29 is 19.5 Å². The van der Waals surface area contributed by atoms with Gasteiger partial charge in [0.05, 0.1) is 16.8 Å². The minimum atomic E-state index is -1.02. The molecule has 0 aliphatic carbocycles. The molecule has 3 amide bonds. The molecule has 0 bridgehead atoms. The zero-order valence-corrected chi connectivity index (χ0v) is 17.9. The van der Waals surface area contributed by atoms with Gasteiger partial charge in [0.1, 0.15) is 0 Å². The second-order valence-electron chi connectivity index (χ2n) is 7.33. The van der Waals surface area contributed by atoms with Crippen molar-refractivity contribution in [2.24, 2.45) is 0 Å². The third-order valence-corrected chi connectivity index (χ3v) is 5.39. The normalized spacial score (nSPS) is 13.6. The van der Waals surface area contributed by atoms with Crippen LogP contribution in [0.5, 0.6) is 0 Å². The first-order valence-corrected chi connectivity index (χ1v) is 10.0. The van der Waals surface area contributed by atoms with Crippen LogP contribution in [0.15, 0.2) is 42.5 Å².